The topological polar surface area (TPSA) is 0 Å². The lowest BCUT2D eigenvalue weighted by Gasteiger charge is -2.06. The Labute approximate surface area is 77.3 Å². The third kappa shape index (κ3) is 2.66. The lowest BCUT2D eigenvalue weighted by molar-refractivity contribution is 1.49. The smallest absolute Gasteiger partial charge is 0.00130 e. The Morgan fingerprint density at radius 3 is 2.27 bits per heavy atom. The van der Waals surface area contributed by atoms with Crippen molar-refractivity contribution in [2.24, 2.45) is 0 Å². The molecule has 0 aliphatic heterocycles. The molecule has 1 aromatic rings. The second-order valence-corrected chi connectivity index (χ2v) is 7.35. The van der Waals surface area contributed by atoms with Crippen molar-refractivity contribution >= 4 is 33.7 Å². The second-order valence-electron chi connectivity index (χ2n) is 2.40. The van der Waals surface area contributed by atoms with Crippen LogP contribution in [-0.4, -0.2) is 6.66 Å². The van der Waals surface area contributed by atoms with E-state index in [0.717, 1.165) is 0 Å². The summed E-state index contributed by atoms with van der Waals surface area (Å²) in [5.41, 5.74) is 1.30. The zero-order valence-corrected chi connectivity index (χ0v) is 9.01. The largest absolute Gasteiger partial charge is 0.0587 e. The maximum Gasteiger partial charge on any atom is -0.00130 e. The van der Waals surface area contributed by atoms with Gasteiger partial charge in [-0.15, -0.1) is 0 Å². The van der Waals surface area contributed by atoms with E-state index in [9.17, 15) is 0 Å². The predicted octanol–water partition coefficient (Wildman–Crippen LogP) is 3.53. The van der Waals surface area contributed by atoms with E-state index >= 15 is 0 Å². The van der Waals surface area contributed by atoms with Crippen molar-refractivity contribution in [2.45, 2.75) is 6.92 Å². The highest BCUT2D eigenvalue weighted by Gasteiger charge is 2.02. The number of aryl methyl sites for hydroxylation is 1. The van der Waals surface area contributed by atoms with Crippen LogP contribution < -0.4 is 5.30 Å². The minimum absolute atomic E-state index is 0.204. The third-order valence-corrected chi connectivity index (χ3v) is 5.85. The monoisotopic (exact) mass is 204 g/mol. The normalized spacial score (nSPS) is 13.0. The highest BCUT2D eigenvalue weighted by Crippen LogP contribution is 2.47. The summed E-state index contributed by atoms with van der Waals surface area (Å²) in [6.45, 7) is 4.26. The van der Waals surface area contributed by atoms with Gasteiger partial charge in [-0.1, -0.05) is 29.8 Å². The average molecular weight is 205 g/mol. The first-order valence-electron chi connectivity index (χ1n) is 3.33. The van der Waals surface area contributed by atoms with Crippen LogP contribution in [0.5, 0.6) is 0 Å². The van der Waals surface area contributed by atoms with E-state index in [1.807, 2.05) is 0 Å². The van der Waals surface area contributed by atoms with E-state index < -0.39 is 0 Å². The zero-order chi connectivity index (χ0) is 8.27. The molecule has 0 aliphatic rings. The highest BCUT2D eigenvalue weighted by molar-refractivity contribution is 8.68. The first-order valence-corrected chi connectivity index (χ1v) is 7.37. The van der Waals surface area contributed by atoms with E-state index in [4.69, 9.17) is 10.7 Å². The van der Waals surface area contributed by atoms with Gasteiger partial charge in [-0.25, -0.2) is 0 Å². The summed E-state index contributed by atoms with van der Waals surface area (Å²) in [5.74, 6) is 0. The molecule has 3 heteroatoms. The van der Waals surface area contributed by atoms with Gasteiger partial charge in [0.25, 0.3) is 0 Å². The number of hydrogen-bond acceptors (Lipinski definition) is 1. The average Bonchev–Trinajstić information content (AvgIpc) is 2.05. The molecule has 0 N–H and O–H groups in total. The van der Waals surface area contributed by atoms with Crippen LogP contribution in [0.25, 0.3) is 0 Å². The fourth-order valence-corrected chi connectivity index (χ4v) is 2.76. The van der Waals surface area contributed by atoms with Crippen LogP contribution in [0.4, 0.5) is 0 Å². The molecule has 0 bridgehead atoms. The van der Waals surface area contributed by atoms with Crippen molar-refractivity contribution in [1.29, 1.82) is 0 Å². The van der Waals surface area contributed by atoms with Crippen molar-refractivity contribution in [2.75, 3.05) is 6.66 Å². The minimum Gasteiger partial charge on any atom is -0.0587 e. The molecule has 11 heavy (non-hydrogen) atoms. The molecule has 0 fully saturated rings. The Balaban J connectivity index is 2.81. The van der Waals surface area contributed by atoms with E-state index in [1.165, 1.54) is 21.5 Å². The standard InChI is InChI=1S/C8H10ClPS/c1-7-3-5-8(6-4-7)10(2)11-9/h3-6H,1-2H3. The van der Waals surface area contributed by atoms with Crippen LogP contribution >= 0.6 is 28.4 Å². The Morgan fingerprint density at radius 2 is 1.82 bits per heavy atom. The number of rotatable bonds is 2. The number of halogens is 1. The Morgan fingerprint density at radius 1 is 1.27 bits per heavy atom. The fraction of sp³-hybridized carbons (Fsp3) is 0.250. The molecule has 1 aromatic carbocycles. The van der Waals surface area contributed by atoms with Crippen molar-refractivity contribution < 1.29 is 0 Å². The second kappa shape index (κ2) is 4.35. The minimum atomic E-state index is -0.204. The Kier molecular flexibility index (Phi) is 3.71. The van der Waals surface area contributed by atoms with Crippen LogP contribution in [0.15, 0.2) is 24.3 Å². The summed E-state index contributed by atoms with van der Waals surface area (Å²) in [5, 5.41) is 1.35. The van der Waals surface area contributed by atoms with Crippen LogP contribution in [0, 0.1) is 6.92 Å². The summed E-state index contributed by atoms with van der Waals surface area (Å²) in [4.78, 5) is 0. The van der Waals surface area contributed by atoms with Gasteiger partial charge in [-0.05, 0) is 47.3 Å². The molecule has 0 saturated heterocycles. The summed E-state index contributed by atoms with van der Waals surface area (Å²) >= 11 is 0. The van der Waals surface area contributed by atoms with Crippen LogP contribution in [0.1, 0.15) is 5.56 Å². The first kappa shape index (κ1) is 9.38. The molecule has 0 spiro atoms. The molecule has 0 amide bonds. The quantitative estimate of drug-likeness (QED) is 0.665. The molecule has 1 unspecified atom stereocenters. The SMILES string of the molecule is Cc1ccc(P(C)SCl)cc1. The van der Waals surface area contributed by atoms with Gasteiger partial charge in [-0.3, -0.25) is 0 Å². The Bertz CT molecular complexity index is 222. The third-order valence-electron chi connectivity index (χ3n) is 1.50. The summed E-state index contributed by atoms with van der Waals surface area (Å²) in [7, 11) is 6.89. The molecule has 0 nitrogen and oxygen atoms in total. The number of hydrogen-bond donors (Lipinski definition) is 0. The van der Waals surface area contributed by atoms with Gasteiger partial charge in [0.15, 0.2) is 0 Å². The van der Waals surface area contributed by atoms with E-state index in [0.29, 0.717) is 0 Å². The molecular formula is C8H10ClPS. The van der Waals surface area contributed by atoms with Gasteiger partial charge >= 0.3 is 0 Å². The van der Waals surface area contributed by atoms with Crippen molar-refractivity contribution in [1.82, 2.24) is 0 Å². The maximum atomic E-state index is 5.67. The van der Waals surface area contributed by atoms with Gasteiger partial charge in [0.1, 0.15) is 0 Å². The highest BCUT2D eigenvalue weighted by atomic mass is 35.7. The molecule has 0 aromatic heterocycles. The molecule has 0 radical (unpaired) electrons. The van der Waals surface area contributed by atoms with E-state index in [1.54, 1.807) is 0 Å². The van der Waals surface area contributed by atoms with Crippen LogP contribution in [0.3, 0.4) is 0 Å². The van der Waals surface area contributed by atoms with Crippen molar-refractivity contribution in [3.63, 3.8) is 0 Å². The van der Waals surface area contributed by atoms with Gasteiger partial charge in [-0.2, -0.15) is 0 Å². The van der Waals surface area contributed by atoms with E-state index in [2.05, 4.69) is 37.9 Å². The summed E-state index contributed by atoms with van der Waals surface area (Å²) in [6.07, 6.45) is 0. The molecule has 60 valence electrons. The molecular weight excluding hydrogens is 195 g/mol. The van der Waals surface area contributed by atoms with Crippen molar-refractivity contribution in [3.05, 3.63) is 29.8 Å². The maximum absolute atomic E-state index is 5.67. The number of benzene rings is 1. The predicted molar refractivity (Wildman–Crippen MR) is 57.1 cm³/mol. The van der Waals surface area contributed by atoms with Gasteiger partial charge < -0.3 is 0 Å². The first-order chi connectivity index (χ1) is 5.24. The molecule has 0 aliphatic carbocycles. The van der Waals surface area contributed by atoms with Crippen molar-refractivity contribution in [3.8, 4) is 0 Å². The summed E-state index contributed by atoms with van der Waals surface area (Å²) in [6, 6.07) is 8.55. The molecule has 0 heterocycles. The van der Waals surface area contributed by atoms with Crippen LogP contribution in [-0.2, 0) is 0 Å². The molecule has 1 atom stereocenters. The summed E-state index contributed by atoms with van der Waals surface area (Å²) < 4.78 is 0. The fourth-order valence-electron chi connectivity index (χ4n) is 0.795. The van der Waals surface area contributed by atoms with Crippen LogP contribution in [0.2, 0.25) is 0 Å². The molecule has 0 saturated carbocycles. The van der Waals surface area contributed by atoms with Gasteiger partial charge in [0.2, 0.25) is 0 Å². The zero-order valence-electron chi connectivity index (χ0n) is 6.54. The molecule has 1 rings (SSSR count). The van der Waals surface area contributed by atoms with E-state index in [-0.39, 0.29) is 7.12 Å². The lowest BCUT2D eigenvalue weighted by atomic mass is 10.2. The van der Waals surface area contributed by atoms with Gasteiger partial charge in [0, 0.05) is 0 Å². The Hall–Kier alpha value is 0.290. The lowest BCUT2D eigenvalue weighted by Crippen LogP contribution is -1.95. The van der Waals surface area contributed by atoms with Gasteiger partial charge in [0.05, 0.1) is 0 Å².